The predicted molar refractivity (Wildman–Crippen MR) is 121 cm³/mol. The van der Waals surface area contributed by atoms with Gasteiger partial charge in [-0.2, -0.15) is 4.98 Å². The van der Waals surface area contributed by atoms with Crippen molar-refractivity contribution in [2.75, 3.05) is 37.6 Å². The molecule has 2 heterocycles. The Labute approximate surface area is 185 Å². The summed E-state index contributed by atoms with van der Waals surface area (Å²) in [6.07, 6.45) is 6.48. The van der Waals surface area contributed by atoms with Crippen molar-refractivity contribution in [1.29, 1.82) is 0 Å². The van der Waals surface area contributed by atoms with Gasteiger partial charge in [-0.25, -0.2) is 0 Å². The van der Waals surface area contributed by atoms with Gasteiger partial charge in [0.2, 0.25) is 5.91 Å². The number of carbonyl (C=O) groups excluding carboxylic acids is 1. The SMILES string of the molecule is Cc1ccc2oc(N3CCN(C(=O)CC4(CN)CCCCC4)CC3)nc2c1.Cl.Cl. The Balaban J connectivity index is 0.00000150. The first-order chi connectivity index (χ1) is 13.1. The minimum atomic E-state index is 0. The van der Waals surface area contributed by atoms with Gasteiger partial charge >= 0.3 is 0 Å². The fraction of sp³-hybridized carbons (Fsp3) is 0.619. The van der Waals surface area contributed by atoms with Crippen molar-refractivity contribution < 1.29 is 9.21 Å². The van der Waals surface area contributed by atoms with Crippen molar-refractivity contribution in [3.63, 3.8) is 0 Å². The molecule has 1 aliphatic carbocycles. The van der Waals surface area contributed by atoms with Crippen LogP contribution < -0.4 is 10.6 Å². The predicted octanol–water partition coefficient (Wildman–Crippen LogP) is 3.93. The van der Waals surface area contributed by atoms with E-state index in [4.69, 9.17) is 10.2 Å². The van der Waals surface area contributed by atoms with Gasteiger partial charge in [-0.3, -0.25) is 4.79 Å². The summed E-state index contributed by atoms with van der Waals surface area (Å²) in [4.78, 5) is 21.6. The molecule has 0 radical (unpaired) electrons. The van der Waals surface area contributed by atoms with Gasteiger partial charge in [0.25, 0.3) is 6.01 Å². The third kappa shape index (κ3) is 5.16. The highest BCUT2D eigenvalue weighted by Crippen LogP contribution is 2.39. The van der Waals surface area contributed by atoms with E-state index < -0.39 is 0 Å². The van der Waals surface area contributed by atoms with E-state index in [1.807, 2.05) is 23.1 Å². The van der Waals surface area contributed by atoms with Gasteiger partial charge in [-0.05, 0) is 49.4 Å². The zero-order valence-corrected chi connectivity index (χ0v) is 18.7. The van der Waals surface area contributed by atoms with Gasteiger partial charge in [0.1, 0.15) is 5.52 Å². The van der Waals surface area contributed by atoms with E-state index in [0.29, 0.717) is 19.0 Å². The van der Waals surface area contributed by atoms with Crippen LogP contribution in [-0.4, -0.2) is 48.5 Å². The summed E-state index contributed by atoms with van der Waals surface area (Å²) in [7, 11) is 0. The second kappa shape index (κ2) is 10.0. The van der Waals surface area contributed by atoms with E-state index in [9.17, 15) is 4.79 Å². The molecule has 1 aromatic carbocycles. The first-order valence-corrected chi connectivity index (χ1v) is 10.2. The van der Waals surface area contributed by atoms with E-state index in [1.54, 1.807) is 0 Å². The number of hydrogen-bond donors (Lipinski definition) is 1. The molecule has 2 N–H and O–H groups in total. The van der Waals surface area contributed by atoms with Crippen molar-refractivity contribution in [2.24, 2.45) is 11.1 Å². The summed E-state index contributed by atoms with van der Waals surface area (Å²) in [6, 6.07) is 6.70. The Bertz CT molecular complexity index is 812. The fourth-order valence-corrected chi connectivity index (χ4v) is 4.50. The highest BCUT2D eigenvalue weighted by Gasteiger charge is 2.35. The Morgan fingerprint density at radius 3 is 2.48 bits per heavy atom. The van der Waals surface area contributed by atoms with E-state index in [2.05, 4.69) is 16.8 Å². The third-order valence-corrected chi connectivity index (χ3v) is 6.31. The molecule has 4 rings (SSSR count). The second-order valence-corrected chi connectivity index (χ2v) is 8.28. The van der Waals surface area contributed by atoms with Crippen LogP contribution in [0.15, 0.2) is 22.6 Å². The Morgan fingerprint density at radius 2 is 1.83 bits per heavy atom. The third-order valence-electron chi connectivity index (χ3n) is 6.31. The van der Waals surface area contributed by atoms with Crippen LogP contribution in [0, 0.1) is 12.3 Å². The molecule has 2 aromatic rings. The molecule has 0 bridgehead atoms. The Morgan fingerprint density at radius 1 is 1.14 bits per heavy atom. The van der Waals surface area contributed by atoms with Crippen molar-refractivity contribution >= 4 is 47.8 Å². The lowest BCUT2D eigenvalue weighted by atomic mass is 9.71. The summed E-state index contributed by atoms with van der Waals surface area (Å²) >= 11 is 0. The number of rotatable bonds is 4. The van der Waals surface area contributed by atoms with E-state index >= 15 is 0 Å². The van der Waals surface area contributed by atoms with Crippen LogP contribution in [-0.2, 0) is 4.79 Å². The summed E-state index contributed by atoms with van der Waals surface area (Å²) in [5.41, 5.74) is 8.98. The Hall–Kier alpha value is -1.50. The molecule has 1 saturated heterocycles. The average molecular weight is 443 g/mol. The molecule has 2 aliphatic rings. The Kier molecular flexibility index (Phi) is 8.20. The normalized spacial score (nSPS) is 18.8. The van der Waals surface area contributed by atoms with E-state index in [0.717, 1.165) is 50.1 Å². The topological polar surface area (TPSA) is 75.6 Å². The number of benzene rings is 1. The lowest BCUT2D eigenvalue weighted by Crippen LogP contribution is -2.50. The number of hydrogen-bond acceptors (Lipinski definition) is 5. The zero-order valence-electron chi connectivity index (χ0n) is 17.1. The quantitative estimate of drug-likeness (QED) is 0.775. The molecule has 6 nitrogen and oxygen atoms in total. The van der Waals surface area contributed by atoms with E-state index in [1.165, 1.54) is 24.8 Å². The molecule has 0 unspecified atom stereocenters. The van der Waals surface area contributed by atoms with Gasteiger partial charge in [-0.1, -0.05) is 25.3 Å². The number of nitrogens with two attached hydrogens (primary N) is 1. The monoisotopic (exact) mass is 442 g/mol. The molecule has 8 heteroatoms. The van der Waals surface area contributed by atoms with Crippen molar-refractivity contribution in [1.82, 2.24) is 9.88 Å². The van der Waals surface area contributed by atoms with Crippen molar-refractivity contribution in [3.05, 3.63) is 23.8 Å². The van der Waals surface area contributed by atoms with Crippen LogP contribution in [0.2, 0.25) is 0 Å². The van der Waals surface area contributed by atoms with Gasteiger partial charge in [0.05, 0.1) is 0 Å². The van der Waals surface area contributed by atoms with Crippen molar-refractivity contribution in [3.8, 4) is 0 Å². The molecular weight excluding hydrogens is 411 g/mol. The smallest absolute Gasteiger partial charge is 0.298 e. The summed E-state index contributed by atoms with van der Waals surface area (Å²) in [6.45, 7) is 5.63. The number of halogens is 2. The maximum Gasteiger partial charge on any atom is 0.298 e. The zero-order chi connectivity index (χ0) is 18.9. The maximum absolute atomic E-state index is 12.9. The molecular formula is C21H32Cl2N4O2. The first kappa shape index (κ1) is 23.8. The highest BCUT2D eigenvalue weighted by atomic mass is 35.5. The minimum absolute atomic E-state index is 0. The number of amides is 1. The largest absolute Gasteiger partial charge is 0.423 e. The van der Waals surface area contributed by atoms with Crippen LogP contribution in [0.1, 0.15) is 44.1 Å². The van der Waals surface area contributed by atoms with E-state index in [-0.39, 0.29) is 36.1 Å². The first-order valence-electron chi connectivity index (χ1n) is 10.2. The van der Waals surface area contributed by atoms with Crippen LogP contribution in [0.5, 0.6) is 0 Å². The lowest BCUT2D eigenvalue weighted by molar-refractivity contribution is -0.134. The number of piperazine rings is 1. The summed E-state index contributed by atoms with van der Waals surface area (Å²) < 4.78 is 5.91. The molecule has 1 amide bonds. The van der Waals surface area contributed by atoms with Crippen LogP contribution in [0.25, 0.3) is 11.1 Å². The number of fused-ring (bicyclic) bond motifs is 1. The van der Waals surface area contributed by atoms with Gasteiger partial charge in [0, 0.05) is 32.6 Å². The molecule has 162 valence electrons. The second-order valence-electron chi connectivity index (χ2n) is 8.28. The number of nitrogens with zero attached hydrogens (tertiary/aromatic N) is 3. The molecule has 0 atom stereocenters. The average Bonchev–Trinajstić information content (AvgIpc) is 3.12. The molecule has 1 aromatic heterocycles. The fourth-order valence-electron chi connectivity index (χ4n) is 4.50. The van der Waals surface area contributed by atoms with Gasteiger partial charge in [-0.15, -0.1) is 24.8 Å². The van der Waals surface area contributed by atoms with Crippen LogP contribution >= 0.6 is 24.8 Å². The number of oxazole rings is 1. The van der Waals surface area contributed by atoms with Gasteiger partial charge < -0.3 is 20.0 Å². The summed E-state index contributed by atoms with van der Waals surface area (Å²) in [5, 5.41) is 0. The number of aryl methyl sites for hydroxylation is 1. The molecule has 1 saturated carbocycles. The molecule has 0 spiro atoms. The van der Waals surface area contributed by atoms with Crippen LogP contribution in [0.4, 0.5) is 6.01 Å². The molecule has 29 heavy (non-hydrogen) atoms. The summed E-state index contributed by atoms with van der Waals surface area (Å²) in [5.74, 6) is 0.259. The van der Waals surface area contributed by atoms with Gasteiger partial charge in [0.15, 0.2) is 5.58 Å². The number of anilines is 1. The standard InChI is InChI=1S/C21H30N4O2.2ClH/c1-16-5-6-18-17(13-16)23-20(27-18)25-11-9-24(10-12-25)19(26)14-21(15-22)7-3-2-4-8-21;;/h5-6,13H,2-4,7-12,14-15,22H2,1H3;2*1H. The minimum Gasteiger partial charge on any atom is -0.423 e. The molecule has 1 aliphatic heterocycles. The number of aromatic nitrogens is 1. The highest BCUT2D eigenvalue weighted by molar-refractivity contribution is 5.85. The lowest BCUT2D eigenvalue weighted by Gasteiger charge is -2.39. The van der Waals surface area contributed by atoms with Crippen molar-refractivity contribution in [2.45, 2.75) is 45.4 Å². The van der Waals surface area contributed by atoms with Crippen LogP contribution in [0.3, 0.4) is 0 Å². The molecule has 2 fully saturated rings. The number of carbonyl (C=O) groups is 1. The maximum atomic E-state index is 12.9.